The number of aromatic nitrogens is 2. The van der Waals surface area contributed by atoms with Crippen molar-refractivity contribution >= 4 is 17.4 Å². The second-order valence-electron chi connectivity index (χ2n) is 6.98. The highest BCUT2D eigenvalue weighted by atomic mass is 35.5. The van der Waals surface area contributed by atoms with E-state index in [0.29, 0.717) is 11.6 Å². The minimum atomic E-state index is 0.464. The Morgan fingerprint density at radius 3 is 2.33 bits per heavy atom. The molecular formula is C23H26ClN3. The highest BCUT2D eigenvalue weighted by molar-refractivity contribution is 6.30. The monoisotopic (exact) mass is 379 g/mol. The van der Waals surface area contributed by atoms with Gasteiger partial charge in [-0.2, -0.15) is 0 Å². The van der Waals surface area contributed by atoms with Gasteiger partial charge in [-0.3, -0.25) is 0 Å². The third-order valence-corrected chi connectivity index (χ3v) is 4.75. The Balaban J connectivity index is 2.04. The summed E-state index contributed by atoms with van der Waals surface area (Å²) < 4.78 is 0. The first-order valence-corrected chi connectivity index (χ1v) is 9.87. The second kappa shape index (κ2) is 9.01. The van der Waals surface area contributed by atoms with Crippen molar-refractivity contribution in [2.24, 2.45) is 0 Å². The maximum Gasteiger partial charge on any atom is 0.154 e. The van der Waals surface area contributed by atoms with Crippen LogP contribution in [0.15, 0.2) is 48.5 Å². The molecule has 2 aromatic carbocycles. The summed E-state index contributed by atoms with van der Waals surface area (Å²) in [6, 6.07) is 16.7. The lowest BCUT2D eigenvalue weighted by Gasteiger charge is -2.14. The number of halogens is 1. The summed E-state index contributed by atoms with van der Waals surface area (Å²) in [4.78, 5) is 9.61. The Kier molecular flexibility index (Phi) is 6.46. The number of unbranched alkanes of at least 4 members (excludes halogenated alkanes) is 1. The van der Waals surface area contributed by atoms with Gasteiger partial charge >= 0.3 is 0 Å². The van der Waals surface area contributed by atoms with Gasteiger partial charge in [-0.05, 0) is 38.0 Å². The van der Waals surface area contributed by atoms with Crippen LogP contribution in [-0.4, -0.2) is 16.5 Å². The van der Waals surface area contributed by atoms with Crippen molar-refractivity contribution in [3.8, 4) is 11.3 Å². The Morgan fingerprint density at radius 1 is 0.963 bits per heavy atom. The number of nitrogens with zero attached hydrogens (tertiary/aromatic N) is 2. The standard InChI is InChI=1S/C23H26ClN3/c1-4-5-11-25-23-21(19-13-16(2)12-17(3)14-19)26-20(22(24)27-23)15-18-9-7-6-8-10-18/h6-10,12-14H,4-5,11,15H2,1-3H3,(H,25,27). The molecule has 3 rings (SSSR count). The van der Waals surface area contributed by atoms with Crippen LogP contribution >= 0.6 is 11.6 Å². The highest BCUT2D eigenvalue weighted by Crippen LogP contribution is 2.30. The lowest BCUT2D eigenvalue weighted by atomic mass is 10.0. The number of anilines is 1. The van der Waals surface area contributed by atoms with Crippen molar-refractivity contribution in [3.05, 3.63) is 76.1 Å². The number of nitrogens with one attached hydrogen (secondary N) is 1. The maximum absolute atomic E-state index is 6.50. The lowest BCUT2D eigenvalue weighted by molar-refractivity contribution is 0.829. The molecule has 3 aromatic rings. The summed E-state index contributed by atoms with van der Waals surface area (Å²) in [5.74, 6) is 0.760. The average Bonchev–Trinajstić information content (AvgIpc) is 2.64. The maximum atomic E-state index is 6.50. The van der Waals surface area contributed by atoms with Crippen LogP contribution in [-0.2, 0) is 6.42 Å². The van der Waals surface area contributed by atoms with Crippen molar-refractivity contribution in [2.45, 2.75) is 40.0 Å². The Labute approximate surface area is 166 Å². The van der Waals surface area contributed by atoms with E-state index in [2.05, 4.69) is 61.4 Å². The average molecular weight is 380 g/mol. The fourth-order valence-corrected chi connectivity index (χ4v) is 3.36. The largest absolute Gasteiger partial charge is 0.368 e. The predicted octanol–water partition coefficient (Wildman–Crippen LogP) is 6.22. The lowest BCUT2D eigenvalue weighted by Crippen LogP contribution is -2.08. The topological polar surface area (TPSA) is 37.8 Å². The number of benzene rings is 2. The van der Waals surface area contributed by atoms with Gasteiger partial charge in [0.05, 0.1) is 5.69 Å². The molecule has 0 unspecified atom stereocenters. The zero-order valence-corrected chi connectivity index (χ0v) is 17.0. The minimum Gasteiger partial charge on any atom is -0.368 e. The molecule has 0 aliphatic carbocycles. The van der Waals surface area contributed by atoms with Gasteiger partial charge in [0.25, 0.3) is 0 Å². The first kappa shape index (κ1) is 19.4. The van der Waals surface area contributed by atoms with Gasteiger partial charge in [0.2, 0.25) is 0 Å². The SMILES string of the molecule is CCCCNc1nc(Cl)c(Cc2ccccc2)nc1-c1cc(C)cc(C)c1. The van der Waals surface area contributed by atoms with E-state index in [0.717, 1.165) is 42.2 Å². The van der Waals surface area contributed by atoms with Crippen LogP contribution in [0.25, 0.3) is 11.3 Å². The van der Waals surface area contributed by atoms with Gasteiger partial charge in [0.1, 0.15) is 5.69 Å². The van der Waals surface area contributed by atoms with Crippen molar-refractivity contribution in [1.82, 2.24) is 9.97 Å². The number of aryl methyl sites for hydroxylation is 2. The van der Waals surface area contributed by atoms with Gasteiger partial charge in [-0.15, -0.1) is 0 Å². The molecule has 0 atom stereocenters. The van der Waals surface area contributed by atoms with E-state index >= 15 is 0 Å². The molecule has 0 bridgehead atoms. The molecule has 0 saturated heterocycles. The highest BCUT2D eigenvalue weighted by Gasteiger charge is 2.15. The first-order chi connectivity index (χ1) is 13.1. The van der Waals surface area contributed by atoms with E-state index in [-0.39, 0.29) is 0 Å². The summed E-state index contributed by atoms with van der Waals surface area (Å²) in [5.41, 5.74) is 6.35. The fourth-order valence-electron chi connectivity index (χ4n) is 3.17. The van der Waals surface area contributed by atoms with Crippen molar-refractivity contribution < 1.29 is 0 Å². The molecular weight excluding hydrogens is 354 g/mol. The summed E-state index contributed by atoms with van der Waals surface area (Å²) in [6.45, 7) is 7.25. The van der Waals surface area contributed by atoms with Gasteiger partial charge < -0.3 is 5.32 Å². The smallest absolute Gasteiger partial charge is 0.154 e. The summed E-state index contributed by atoms with van der Waals surface area (Å²) in [7, 11) is 0. The van der Waals surface area contributed by atoms with E-state index < -0.39 is 0 Å². The molecule has 0 spiro atoms. The van der Waals surface area contributed by atoms with Gasteiger partial charge in [-0.1, -0.05) is 72.5 Å². The third-order valence-electron chi connectivity index (χ3n) is 4.45. The van der Waals surface area contributed by atoms with E-state index in [1.165, 1.54) is 16.7 Å². The van der Waals surface area contributed by atoms with Gasteiger partial charge in [0.15, 0.2) is 11.0 Å². The fraction of sp³-hybridized carbons (Fsp3) is 0.304. The quantitative estimate of drug-likeness (QED) is 0.495. The van der Waals surface area contributed by atoms with Gasteiger partial charge in [0, 0.05) is 18.5 Å². The molecule has 0 aliphatic rings. The van der Waals surface area contributed by atoms with Crippen LogP contribution in [0.5, 0.6) is 0 Å². The Morgan fingerprint density at radius 2 is 1.67 bits per heavy atom. The summed E-state index contributed by atoms with van der Waals surface area (Å²) in [6.07, 6.45) is 2.87. The van der Waals surface area contributed by atoms with Crippen LogP contribution in [0.3, 0.4) is 0 Å². The van der Waals surface area contributed by atoms with Crippen molar-refractivity contribution in [2.75, 3.05) is 11.9 Å². The van der Waals surface area contributed by atoms with E-state index in [9.17, 15) is 0 Å². The molecule has 1 N–H and O–H groups in total. The van der Waals surface area contributed by atoms with Crippen LogP contribution in [0.2, 0.25) is 5.15 Å². The zero-order valence-electron chi connectivity index (χ0n) is 16.2. The number of hydrogen-bond donors (Lipinski definition) is 1. The summed E-state index contributed by atoms with van der Waals surface area (Å²) in [5, 5.41) is 3.89. The van der Waals surface area contributed by atoms with Crippen LogP contribution in [0, 0.1) is 13.8 Å². The zero-order chi connectivity index (χ0) is 19.2. The molecule has 3 nitrogen and oxygen atoms in total. The summed E-state index contributed by atoms with van der Waals surface area (Å²) >= 11 is 6.50. The predicted molar refractivity (Wildman–Crippen MR) is 115 cm³/mol. The van der Waals surface area contributed by atoms with E-state index in [1.54, 1.807) is 0 Å². The van der Waals surface area contributed by atoms with Crippen LogP contribution < -0.4 is 5.32 Å². The second-order valence-corrected chi connectivity index (χ2v) is 7.34. The van der Waals surface area contributed by atoms with E-state index in [4.69, 9.17) is 16.6 Å². The van der Waals surface area contributed by atoms with Crippen molar-refractivity contribution in [1.29, 1.82) is 0 Å². The molecule has 1 heterocycles. The molecule has 4 heteroatoms. The molecule has 0 radical (unpaired) electrons. The molecule has 0 saturated carbocycles. The number of rotatable bonds is 7. The molecule has 0 amide bonds. The van der Waals surface area contributed by atoms with Crippen LogP contribution in [0.4, 0.5) is 5.82 Å². The third kappa shape index (κ3) is 5.08. The normalized spacial score (nSPS) is 10.8. The molecule has 140 valence electrons. The minimum absolute atomic E-state index is 0.464. The Hall–Kier alpha value is -2.39. The van der Waals surface area contributed by atoms with Gasteiger partial charge in [-0.25, -0.2) is 9.97 Å². The van der Waals surface area contributed by atoms with Crippen LogP contribution in [0.1, 0.15) is 42.1 Å². The Bertz CT molecular complexity index is 887. The molecule has 0 aliphatic heterocycles. The molecule has 0 fully saturated rings. The van der Waals surface area contributed by atoms with Crippen molar-refractivity contribution in [3.63, 3.8) is 0 Å². The first-order valence-electron chi connectivity index (χ1n) is 9.49. The van der Waals surface area contributed by atoms with E-state index in [1.807, 2.05) is 18.2 Å². The molecule has 1 aromatic heterocycles. The molecule has 27 heavy (non-hydrogen) atoms. The number of hydrogen-bond acceptors (Lipinski definition) is 3.